The van der Waals surface area contributed by atoms with E-state index in [9.17, 15) is 0 Å². The number of methoxy groups -OCH3 is 1. The molecule has 0 aliphatic rings. The number of thioether (sulfide) groups is 1. The van der Waals surface area contributed by atoms with Crippen LogP contribution in [0, 0.1) is 0 Å². The molecular formula is C23H50NOS+. The number of ether oxygens (including phenoxy) is 1. The summed E-state index contributed by atoms with van der Waals surface area (Å²) in [5.41, 5.74) is 0. The highest BCUT2D eigenvalue weighted by molar-refractivity contribution is 7.99. The summed E-state index contributed by atoms with van der Waals surface area (Å²) in [6.07, 6.45) is 20.6. The molecule has 3 heteroatoms. The molecule has 0 heterocycles. The molecule has 0 saturated carbocycles. The fourth-order valence-corrected chi connectivity index (χ4v) is 4.50. The zero-order chi connectivity index (χ0) is 19.5. The summed E-state index contributed by atoms with van der Waals surface area (Å²) in [7, 11) is 8.58. The predicted octanol–water partition coefficient (Wildman–Crippen LogP) is 6.92. The van der Waals surface area contributed by atoms with Crippen molar-refractivity contribution in [1.29, 1.82) is 0 Å². The Kier molecular flexibility index (Phi) is 18.8. The van der Waals surface area contributed by atoms with Gasteiger partial charge in [-0.05, 0) is 12.2 Å². The molecule has 26 heavy (non-hydrogen) atoms. The van der Waals surface area contributed by atoms with E-state index in [2.05, 4.69) is 39.8 Å². The first-order chi connectivity index (χ1) is 12.5. The van der Waals surface area contributed by atoms with Gasteiger partial charge in [0.15, 0.2) is 0 Å². The van der Waals surface area contributed by atoms with Crippen molar-refractivity contribution in [1.82, 2.24) is 0 Å². The first-order valence-electron chi connectivity index (χ1n) is 11.4. The number of hydrogen-bond acceptors (Lipinski definition) is 2. The van der Waals surface area contributed by atoms with Crippen molar-refractivity contribution in [2.24, 2.45) is 0 Å². The van der Waals surface area contributed by atoms with E-state index in [-0.39, 0.29) is 0 Å². The van der Waals surface area contributed by atoms with Crippen molar-refractivity contribution in [3.05, 3.63) is 0 Å². The third-order valence-corrected chi connectivity index (χ3v) is 6.22. The topological polar surface area (TPSA) is 9.23 Å². The van der Waals surface area contributed by atoms with Gasteiger partial charge in [-0.1, -0.05) is 90.4 Å². The largest absolute Gasteiger partial charge is 0.375 e. The number of nitrogens with zero attached hydrogens (tertiary/aromatic N) is 1. The highest BCUT2D eigenvalue weighted by atomic mass is 32.2. The Morgan fingerprint density at radius 3 is 1.50 bits per heavy atom. The van der Waals surface area contributed by atoms with Gasteiger partial charge in [0.2, 0.25) is 0 Å². The van der Waals surface area contributed by atoms with Crippen LogP contribution in [0.5, 0.6) is 0 Å². The second kappa shape index (κ2) is 18.6. The summed E-state index contributed by atoms with van der Waals surface area (Å²) in [4.78, 5) is 0. The highest BCUT2D eigenvalue weighted by Gasteiger charge is 2.17. The first kappa shape index (κ1) is 26.3. The zero-order valence-corrected chi connectivity index (χ0v) is 19.7. The molecule has 0 rings (SSSR count). The summed E-state index contributed by atoms with van der Waals surface area (Å²) in [6, 6.07) is 0. The van der Waals surface area contributed by atoms with Crippen molar-refractivity contribution < 1.29 is 9.22 Å². The number of hydrogen-bond donors (Lipinski definition) is 0. The van der Waals surface area contributed by atoms with E-state index in [1.165, 1.54) is 95.6 Å². The molecule has 0 aromatic heterocycles. The highest BCUT2D eigenvalue weighted by Crippen LogP contribution is 2.15. The Morgan fingerprint density at radius 2 is 1.12 bits per heavy atom. The minimum absolute atomic E-state index is 0.395. The van der Waals surface area contributed by atoms with E-state index in [0.717, 1.165) is 16.8 Å². The van der Waals surface area contributed by atoms with E-state index in [4.69, 9.17) is 4.74 Å². The second-order valence-corrected chi connectivity index (χ2v) is 10.2. The Bertz CT molecular complexity index is 278. The van der Waals surface area contributed by atoms with Crippen molar-refractivity contribution in [2.75, 3.05) is 46.3 Å². The van der Waals surface area contributed by atoms with Crippen LogP contribution >= 0.6 is 11.8 Å². The third-order valence-electron chi connectivity index (χ3n) is 5.03. The van der Waals surface area contributed by atoms with Gasteiger partial charge in [0.1, 0.15) is 12.6 Å². The van der Waals surface area contributed by atoms with Gasteiger partial charge >= 0.3 is 0 Å². The minimum atomic E-state index is 0.395. The van der Waals surface area contributed by atoms with Crippen LogP contribution < -0.4 is 0 Å². The van der Waals surface area contributed by atoms with Crippen molar-refractivity contribution in [3.8, 4) is 0 Å². The van der Waals surface area contributed by atoms with E-state index in [1.54, 1.807) is 0 Å². The monoisotopic (exact) mass is 388 g/mol. The Labute approximate surface area is 170 Å². The predicted molar refractivity (Wildman–Crippen MR) is 121 cm³/mol. The van der Waals surface area contributed by atoms with Gasteiger partial charge in [0.05, 0.1) is 21.1 Å². The summed E-state index contributed by atoms with van der Waals surface area (Å²) >= 11 is 2.08. The van der Waals surface area contributed by atoms with E-state index < -0.39 is 0 Å². The third kappa shape index (κ3) is 20.6. The SMILES string of the molecule is CCCCCCCCCCCCCCCCSC[C@@H](C[N+](C)(C)C)OC. The van der Waals surface area contributed by atoms with Crippen LogP contribution in [-0.4, -0.2) is 56.9 Å². The minimum Gasteiger partial charge on any atom is -0.375 e. The van der Waals surface area contributed by atoms with Crippen LogP contribution in [0.1, 0.15) is 96.8 Å². The van der Waals surface area contributed by atoms with Gasteiger partial charge in [0, 0.05) is 12.9 Å². The van der Waals surface area contributed by atoms with Crippen LogP contribution in [0.2, 0.25) is 0 Å². The molecule has 0 aromatic rings. The molecule has 1 atom stereocenters. The lowest BCUT2D eigenvalue weighted by Crippen LogP contribution is -2.43. The fourth-order valence-electron chi connectivity index (χ4n) is 3.42. The van der Waals surface area contributed by atoms with Gasteiger partial charge in [-0.3, -0.25) is 0 Å². The molecule has 0 aliphatic heterocycles. The lowest BCUT2D eigenvalue weighted by Gasteiger charge is -2.28. The van der Waals surface area contributed by atoms with Gasteiger partial charge < -0.3 is 9.22 Å². The first-order valence-corrected chi connectivity index (χ1v) is 12.6. The summed E-state index contributed by atoms with van der Waals surface area (Å²) in [6.45, 7) is 3.39. The Balaban J connectivity index is 3.22. The average Bonchev–Trinajstić information content (AvgIpc) is 2.59. The molecule has 0 spiro atoms. The normalized spacial score (nSPS) is 13.3. The molecule has 0 radical (unpaired) electrons. The van der Waals surface area contributed by atoms with Crippen molar-refractivity contribution in [2.45, 2.75) is 103 Å². The molecule has 0 bridgehead atoms. The van der Waals surface area contributed by atoms with E-state index in [1.807, 2.05) is 7.11 Å². The molecule has 0 unspecified atom stereocenters. The molecule has 0 aromatic carbocycles. The number of likely N-dealkylation sites (N-methyl/N-ethyl adjacent to an activating group) is 1. The lowest BCUT2D eigenvalue weighted by atomic mass is 10.0. The Morgan fingerprint density at radius 1 is 0.692 bits per heavy atom. The molecule has 158 valence electrons. The molecule has 0 amide bonds. The van der Waals surface area contributed by atoms with Gasteiger partial charge in [-0.15, -0.1) is 0 Å². The number of quaternary nitrogens is 1. The quantitative estimate of drug-likeness (QED) is 0.165. The van der Waals surface area contributed by atoms with E-state index >= 15 is 0 Å². The Hall–Kier alpha value is 0.270. The lowest BCUT2D eigenvalue weighted by molar-refractivity contribution is -0.873. The van der Waals surface area contributed by atoms with Gasteiger partial charge in [-0.2, -0.15) is 11.8 Å². The zero-order valence-electron chi connectivity index (χ0n) is 18.9. The van der Waals surface area contributed by atoms with Crippen LogP contribution in [0.3, 0.4) is 0 Å². The molecule has 0 saturated heterocycles. The summed E-state index contributed by atoms with van der Waals surface area (Å²) < 4.78 is 6.60. The molecule has 0 fully saturated rings. The van der Waals surface area contributed by atoms with Crippen LogP contribution in [0.4, 0.5) is 0 Å². The van der Waals surface area contributed by atoms with Crippen LogP contribution in [-0.2, 0) is 4.74 Å². The number of unbranched alkanes of at least 4 members (excludes halogenated alkanes) is 13. The summed E-state index contributed by atoms with van der Waals surface area (Å²) in [5, 5.41) is 0. The molecule has 0 N–H and O–H groups in total. The van der Waals surface area contributed by atoms with Gasteiger partial charge in [-0.25, -0.2) is 0 Å². The fraction of sp³-hybridized carbons (Fsp3) is 1.00. The maximum absolute atomic E-state index is 5.61. The molecule has 0 aliphatic carbocycles. The molecular weight excluding hydrogens is 338 g/mol. The standard InChI is InChI=1S/C23H50NOS/c1-6-7-8-9-10-11-12-13-14-15-16-17-18-19-20-26-22-23(25-5)21-24(2,3)4/h23H,6-22H2,1-5H3/q+1/t23-/m1/s1. The van der Waals surface area contributed by atoms with Gasteiger partial charge in [0.25, 0.3) is 0 Å². The van der Waals surface area contributed by atoms with Crippen LogP contribution in [0.15, 0.2) is 0 Å². The van der Waals surface area contributed by atoms with Crippen LogP contribution in [0.25, 0.3) is 0 Å². The maximum atomic E-state index is 5.61. The second-order valence-electron chi connectivity index (χ2n) is 9.00. The average molecular weight is 389 g/mol. The summed E-state index contributed by atoms with van der Waals surface area (Å²) in [5.74, 6) is 2.44. The van der Waals surface area contributed by atoms with Crippen molar-refractivity contribution in [3.63, 3.8) is 0 Å². The van der Waals surface area contributed by atoms with E-state index in [0.29, 0.717) is 6.10 Å². The number of rotatable bonds is 20. The smallest absolute Gasteiger partial charge is 0.115 e. The van der Waals surface area contributed by atoms with Crippen molar-refractivity contribution >= 4 is 11.8 Å². The molecule has 2 nitrogen and oxygen atoms in total. The maximum Gasteiger partial charge on any atom is 0.115 e.